The van der Waals surface area contributed by atoms with Crippen molar-refractivity contribution in [3.63, 3.8) is 0 Å². The van der Waals surface area contributed by atoms with Gasteiger partial charge in [0.2, 0.25) is 21.8 Å². The van der Waals surface area contributed by atoms with Crippen LogP contribution in [0.1, 0.15) is 44.2 Å². The number of nitrogens with one attached hydrogen (secondary N) is 1. The molecule has 1 N–H and O–H groups in total. The quantitative estimate of drug-likeness (QED) is 0.479. The van der Waals surface area contributed by atoms with E-state index in [2.05, 4.69) is 24.1 Å². The van der Waals surface area contributed by atoms with E-state index in [0.29, 0.717) is 57.2 Å². The summed E-state index contributed by atoms with van der Waals surface area (Å²) >= 11 is 0. The molecule has 3 heterocycles. The Morgan fingerprint density at radius 3 is 2.38 bits per heavy atom. The summed E-state index contributed by atoms with van der Waals surface area (Å²) in [5, 5.41) is 3.00. The second-order valence-electron chi connectivity index (χ2n) is 12.0. The lowest BCUT2D eigenvalue weighted by molar-refractivity contribution is -0.139. The highest BCUT2D eigenvalue weighted by Gasteiger charge is 2.48. The number of amides is 2. The minimum absolute atomic E-state index is 0.0625. The Morgan fingerprint density at radius 1 is 1.00 bits per heavy atom. The lowest BCUT2D eigenvalue weighted by Crippen LogP contribution is -2.55. The summed E-state index contributed by atoms with van der Waals surface area (Å²) in [7, 11) is -3.42. The Labute approximate surface area is 249 Å². The van der Waals surface area contributed by atoms with Gasteiger partial charge < -0.3 is 15.0 Å². The molecule has 1 atom stereocenters. The predicted octanol–water partition coefficient (Wildman–Crippen LogP) is 3.07. The predicted molar refractivity (Wildman–Crippen MR) is 164 cm³/mol. The van der Waals surface area contributed by atoms with Crippen molar-refractivity contribution < 1.29 is 22.7 Å². The zero-order valence-electron chi connectivity index (χ0n) is 24.8. The van der Waals surface area contributed by atoms with Crippen LogP contribution in [0.15, 0.2) is 66.2 Å². The van der Waals surface area contributed by atoms with Crippen molar-refractivity contribution in [1.82, 2.24) is 15.1 Å². The van der Waals surface area contributed by atoms with E-state index in [0.717, 1.165) is 29.8 Å². The number of carbonyl (C=O) groups excluding carboxylic acids is 2. The molecule has 3 aliphatic heterocycles. The minimum Gasteiger partial charge on any atom is -0.374 e. The molecule has 1 fully saturated rings. The lowest BCUT2D eigenvalue weighted by Gasteiger charge is -2.41. The number of ether oxygens (including phenoxy) is 1. The molecule has 0 radical (unpaired) electrons. The van der Waals surface area contributed by atoms with Gasteiger partial charge >= 0.3 is 0 Å². The van der Waals surface area contributed by atoms with Gasteiger partial charge in [0, 0.05) is 49.8 Å². The van der Waals surface area contributed by atoms with Crippen LogP contribution in [0.4, 0.5) is 5.69 Å². The van der Waals surface area contributed by atoms with E-state index in [4.69, 9.17) is 4.74 Å². The third kappa shape index (κ3) is 6.55. The van der Waals surface area contributed by atoms with E-state index in [9.17, 15) is 18.0 Å². The number of fused-ring (bicyclic) bond motifs is 2. The molecule has 0 saturated carbocycles. The number of anilines is 1. The van der Waals surface area contributed by atoms with Crippen LogP contribution in [-0.2, 0) is 36.4 Å². The number of sulfonamides is 1. The van der Waals surface area contributed by atoms with Crippen molar-refractivity contribution in [2.24, 2.45) is 0 Å². The monoisotopic (exact) mass is 594 g/mol. The van der Waals surface area contributed by atoms with Crippen LogP contribution < -0.4 is 9.62 Å². The zero-order chi connectivity index (χ0) is 29.9. The highest BCUT2D eigenvalue weighted by Crippen LogP contribution is 2.47. The minimum atomic E-state index is -3.42. The number of hydrogen-bond acceptors (Lipinski definition) is 6. The summed E-state index contributed by atoms with van der Waals surface area (Å²) in [6, 6.07) is 16.9. The highest BCUT2D eigenvalue weighted by molar-refractivity contribution is 7.92. The van der Waals surface area contributed by atoms with Crippen LogP contribution in [0.2, 0.25) is 0 Å². The number of benzene rings is 2. The van der Waals surface area contributed by atoms with Crippen molar-refractivity contribution in [3.8, 4) is 0 Å². The molecule has 0 aliphatic carbocycles. The summed E-state index contributed by atoms with van der Waals surface area (Å²) in [6.45, 7) is 7.42. The molecule has 5 rings (SSSR count). The van der Waals surface area contributed by atoms with Gasteiger partial charge in [0.25, 0.3) is 0 Å². The molecule has 3 aliphatic rings. The number of rotatable bonds is 9. The fourth-order valence-corrected chi connectivity index (χ4v) is 7.35. The van der Waals surface area contributed by atoms with Crippen LogP contribution in [0.3, 0.4) is 0 Å². The Bertz CT molecular complexity index is 1420. The SMILES string of the molecule is CC(C)N1CCC=C(C(=O)N[C@H](COCc2ccccc2)C(=O)N2CCC3(CC2)CN(S(C)(=O)=O)c2ccccc23)C1. The average Bonchev–Trinajstić information content (AvgIpc) is 3.31. The molecule has 9 nitrogen and oxygen atoms in total. The van der Waals surface area contributed by atoms with Gasteiger partial charge in [-0.3, -0.25) is 18.8 Å². The molecule has 0 unspecified atom stereocenters. The third-order valence-electron chi connectivity index (χ3n) is 8.82. The fraction of sp³-hybridized carbons (Fsp3) is 0.500. The second kappa shape index (κ2) is 12.6. The zero-order valence-corrected chi connectivity index (χ0v) is 25.6. The summed E-state index contributed by atoms with van der Waals surface area (Å²) in [4.78, 5) is 31.3. The van der Waals surface area contributed by atoms with E-state index in [1.54, 1.807) is 4.90 Å². The first-order chi connectivity index (χ1) is 20.1. The van der Waals surface area contributed by atoms with Gasteiger partial charge in [0.15, 0.2) is 0 Å². The summed E-state index contributed by atoms with van der Waals surface area (Å²) in [5.41, 5.74) is 3.09. The van der Waals surface area contributed by atoms with Crippen molar-refractivity contribution in [2.75, 3.05) is 49.9 Å². The maximum atomic E-state index is 13.9. The van der Waals surface area contributed by atoms with Crippen molar-refractivity contribution in [1.29, 1.82) is 0 Å². The average molecular weight is 595 g/mol. The smallest absolute Gasteiger partial charge is 0.248 e. The van der Waals surface area contributed by atoms with Gasteiger partial charge in [0.1, 0.15) is 6.04 Å². The molecule has 42 heavy (non-hydrogen) atoms. The molecular formula is C32H42N4O5S. The highest BCUT2D eigenvalue weighted by atomic mass is 32.2. The molecule has 1 saturated heterocycles. The molecule has 10 heteroatoms. The number of carbonyl (C=O) groups is 2. The Balaban J connectivity index is 1.28. The lowest BCUT2D eigenvalue weighted by atomic mass is 9.74. The summed E-state index contributed by atoms with van der Waals surface area (Å²) in [6.07, 6.45) is 5.29. The first-order valence-electron chi connectivity index (χ1n) is 14.8. The van der Waals surface area contributed by atoms with Crippen LogP contribution in [0, 0.1) is 0 Å². The maximum Gasteiger partial charge on any atom is 0.248 e. The van der Waals surface area contributed by atoms with Crippen LogP contribution in [-0.4, -0.2) is 87.7 Å². The number of hydrogen-bond donors (Lipinski definition) is 1. The van der Waals surface area contributed by atoms with E-state index in [-0.39, 0.29) is 23.8 Å². The van der Waals surface area contributed by atoms with E-state index >= 15 is 0 Å². The number of nitrogens with zero attached hydrogens (tertiary/aromatic N) is 3. The van der Waals surface area contributed by atoms with Gasteiger partial charge in [0.05, 0.1) is 25.2 Å². The van der Waals surface area contributed by atoms with E-state index in [1.165, 1.54) is 10.6 Å². The van der Waals surface area contributed by atoms with Gasteiger partial charge in [-0.15, -0.1) is 0 Å². The Morgan fingerprint density at radius 2 is 1.69 bits per heavy atom. The van der Waals surface area contributed by atoms with Crippen LogP contribution in [0.25, 0.3) is 0 Å². The summed E-state index contributed by atoms with van der Waals surface area (Å²) < 4.78 is 32.6. The Kier molecular flexibility index (Phi) is 9.05. The topological polar surface area (TPSA) is 99.3 Å². The largest absolute Gasteiger partial charge is 0.374 e. The Hall–Kier alpha value is -3.21. The van der Waals surface area contributed by atoms with Gasteiger partial charge in [-0.25, -0.2) is 8.42 Å². The number of likely N-dealkylation sites (tertiary alicyclic amines) is 1. The normalized spacial score (nSPS) is 19.5. The second-order valence-corrected chi connectivity index (χ2v) is 13.9. The van der Waals surface area contributed by atoms with E-state index in [1.807, 2.05) is 60.7 Å². The third-order valence-corrected chi connectivity index (χ3v) is 9.95. The molecule has 2 aromatic rings. The molecule has 2 aromatic carbocycles. The maximum absolute atomic E-state index is 13.9. The first kappa shape index (κ1) is 30.3. The molecular weight excluding hydrogens is 552 g/mol. The van der Waals surface area contributed by atoms with Gasteiger partial charge in [-0.05, 0) is 50.3 Å². The molecule has 0 bridgehead atoms. The molecule has 226 valence electrons. The molecule has 2 amide bonds. The molecule has 0 aromatic heterocycles. The van der Waals surface area contributed by atoms with Crippen molar-refractivity contribution in [3.05, 3.63) is 77.4 Å². The van der Waals surface area contributed by atoms with Crippen molar-refractivity contribution in [2.45, 2.75) is 57.2 Å². The van der Waals surface area contributed by atoms with Crippen molar-refractivity contribution >= 4 is 27.5 Å². The summed E-state index contributed by atoms with van der Waals surface area (Å²) in [5.74, 6) is -0.404. The van der Waals surface area contributed by atoms with E-state index < -0.39 is 16.1 Å². The van der Waals surface area contributed by atoms with Gasteiger partial charge in [-0.1, -0.05) is 54.6 Å². The number of para-hydroxylation sites is 1. The standard InChI is InChI=1S/C32H42N4O5S/c1-24(2)35-17-9-12-26(20-35)30(37)33-28(22-41-21-25-10-5-4-6-11-25)31(38)34-18-15-32(16-19-34)23-36(42(3,39)40)29-14-8-7-13-27(29)32/h4-8,10-14,24,28H,9,15-23H2,1-3H3,(H,33,37)/t28-/m1/s1. The van der Waals surface area contributed by atoms with Crippen LogP contribution >= 0.6 is 0 Å². The fourth-order valence-electron chi connectivity index (χ4n) is 6.35. The first-order valence-corrected chi connectivity index (χ1v) is 16.6. The van der Waals surface area contributed by atoms with Gasteiger partial charge in [-0.2, -0.15) is 0 Å². The number of piperidine rings is 1. The van der Waals surface area contributed by atoms with Crippen LogP contribution in [0.5, 0.6) is 0 Å². The molecule has 1 spiro atoms.